The number of anilines is 1. The number of hydrogen-bond acceptors (Lipinski definition) is 8. The molecule has 35 heavy (non-hydrogen) atoms. The van der Waals surface area contributed by atoms with Crippen LogP contribution in [0.15, 0.2) is 30.7 Å². The number of carbonyl (C=O) groups excluding carboxylic acids is 1. The zero-order chi connectivity index (χ0) is 25.2. The predicted molar refractivity (Wildman–Crippen MR) is 125 cm³/mol. The van der Waals surface area contributed by atoms with Gasteiger partial charge < -0.3 is 4.74 Å². The summed E-state index contributed by atoms with van der Waals surface area (Å²) in [5.74, 6) is 1.92. The molecule has 13 heteroatoms. The minimum absolute atomic E-state index is 0.0570. The summed E-state index contributed by atoms with van der Waals surface area (Å²) in [6, 6.07) is 3.65. The van der Waals surface area contributed by atoms with E-state index in [-0.39, 0.29) is 23.2 Å². The molecule has 0 spiro atoms. The maximum absolute atomic E-state index is 13.5. The number of fused-ring (bicyclic) bond motifs is 1. The summed E-state index contributed by atoms with van der Waals surface area (Å²) in [6.07, 6.45) is -1.26. The van der Waals surface area contributed by atoms with E-state index in [2.05, 4.69) is 25.3 Å². The molecule has 3 aromatic rings. The molecule has 3 N–H and O–H groups in total. The number of rotatable bonds is 7. The average Bonchev–Trinajstić information content (AvgIpc) is 3.31. The van der Waals surface area contributed by atoms with Crippen molar-refractivity contribution in [3.63, 3.8) is 0 Å². The van der Waals surface area contributed by atoms with Gasteiger partial charge in [0.1, 0.15) is 5.56 Å². The average molecular weight is 554 g/mol. The third-order valence-electron chi connectivity index (χ3n) is 5.63. The zero-order valence-corrected chi connectivity index (χ0v) is 20.8. The molecule has 0 aromatic carbocycles. The fourth-order valence-electron chi connectivity index (χ4n) is 3.92. The normalized spacial score (nSPS) is 17.0. The number of aromatic nitrogens is 4. The molecule has 0 aliphatic carbocycles. The molecule has 1 unspecified atom stereocenters. The van der Waals surface area contributed by atoms with Gasteiger partial charge >= 0.3 is 152 Å². The van der Waals surface area contributed by atoms with Crippen LogP contribution in [0, 0.1) is 0 Å². The van der Waals surface area contributed by atoms with Gasteiger partial charge in [-0.2, -0.15) is 13.2 Å². The van der Waals surface area contributed by atoms with E-state index in [4.69, 9.17) is 10.5 Å². The number of pyridine rings is 2. The summed E-state index contributed by atoms with van der Waals surface area (Å²) < 4.78 is 45.1. The van der Waals surface area contributed by atoms with Crippen molar-refractivity contribution < 1.29 is 22.7 Å². The van der Waals surface area contributed by atoms with Crippen molar-refractivity contribution in [2.45, 2.75) is 35.8 Å². The van der Waals surface area contributed by atoms with Crippen LogP contribution in [0.4, 0.5) is 19.0 Å². The van der Waals surface area contributed by atoms with Crippen molar-refractivity contribution in [3.05, 3.63) is 36.3 Å². The molecular formula is C22H24F3N7O2Se. The van der Waals surface area contributed by atoms with Gasteiger partial charge in [0.25, 0.3) is 0 Å². The molecule has 186 valence electrons. The van der Waals surface area contributed by atoms with Gasteiger partial charge in [-0.05, 0) is 6.07 Å². The fraction of sp³-hybridized carbons (Fsp3) is 0.409. The summed E-state index contributed by atoms with van der Waals surface area (Å²) in [4.78, 5) is 31.1. The van der Waals surface area contributed by atoms with Crippen LogP contribution in [0.2, 0.25) is 11.1 Å². The van der Waals surface area contributed by atoms with Crippen molar-refractivity contribution >= 4 is 37.7 Å². The molecule has 3 aromatic heterocycles. The van der Waals surface area contributed by atoms with Crippen LogP contribution in [0.25, 0.3) is 22.3 Å². The van der Waals surface area contributed by atoms with Crippen molar-refractivity contribution in [1.29, 1.82) is 0 Å². The number of methoxy groups -OCH3 is 1. The van der Waals surface area contributed by atoms with Gasteiger partial charge in [-0.25, -0.2) is 4.98 Å². The van der Waals surface area contributed by atoms with E-state index in [0.29, 0.717) is 56.6 Å². The molecule has 9 nitrogen and oxygen atoms in total. The Kier molecular flexibility index (Phi) is 7.39. The molecule has 1 fully saturated rings. The Morgan fingerprint density at radius 2 is 2.14 bits per heavy atom. The van der Waals surface area contributed by atoms with Crippen molar-refractivity contribution in [2.24, 2.45) is 5.73 Å². The second-order valence-corrected chi connectivity index (χ2v) is 9.95. The molecule has 0 saturated carbocycles. The first kappa shape index (κ1) is 25.1. The van der Waals surface area contributed by atoms with Crippen LogP contribution >= 0.6 is 0 Å². The largest absolute Gasteiger partial charge is 0.421 e. The number of ether oxygens (including phenoxy) is 1. The first-order valence-corrected chi connectivity index (χ1v) is 13.7. The van der Waals surface area contributed by atoms with Gasteiger partial charge in [0.2, 0.25) is 5.88 Å². The number of hydrogen-bond donors (Lipinski definition) is 2. The van der Waals surface area contributed by atoms with Gasteiger partial charge in [0.15, 0.2) is 0 Å². The third-order valence-corrected chi connectivity index (χ3v) is 7.08. The van der Waals surface area contributed by atoms with E-state index in [9.17, 15) is 18.0 Å². The van der Waals surface area contributed by atoms with Crippen LogP contribution in [-0.4, -0.2) is 78.0 Å². The van der Waals surface area contributed by atoms with Crippen LogP contribution in [-0.2, 0) is 11.0 Å². The van der Waals surface area contributed by atoms with Crippen LogP contribution in [0.5, 0.6) is 5.88 Å². The number of nitrogens with one attached hydrogen (secondary N) is 1. The zero-order valence-electron chi connectivity index (χ0n) is 19.0. The Hall–Kier alpha value is -3.02. The number of nitrogens with two attached hydrogens (primary N) is 1. The Labute approximate surface area is 205 Å². The molecule has 1 aliphatic heterocycles. The van der Waals surface area contributed by atoms with E-state index in [1.165, 1.54) is 12.5 Å². The standard InChI is InChI=1S/C22H24F3N7O2Se/c1-34-20-14(22(23,24)25)7-12(8-27-20)16-3-4-17-18(31-16)19(29-11-28-17)30-13-5-6-32(9-13)21(33)15(26)10-35-2/h3-4,7-8,11,13,15H,5-6,9-10,26H2,1-2H3,(H,28,29,30)/t13-,15?/m0/s1. The molecule has 1 amide bonds. The Bertz CT molecular complexity index is 1230. The van der Waals surface area contributed by atoms with Gasteiger partial charge in [-0.3, -0.25) is 0 Å². The molecule has 0 bridgehead atoms. The van der Waals surface area contributed by atoms with E-state index >= 15 is 0 Å². The second kappa shape index (κ2) is 10.3. The van der Waals surface area contributed by atoms with Crippen molar-refractivity contribution in [2.75, 3.05) is 25.5 Å². The van der Waals surface area contributed by atoms with E-state index in [1.54, 1.807) is 17.0 Å². The fourth-order valence-corrected chi connectivity index (χ4v) is 4.97. The van der Waals surface area contributed by atoms with Crippen molar-refractivity contribution in [3.8, 4) is 17.1 Å². The van der Waals surface area contributed by atoms with Crippen LogP contribution in [0.1, 0.15) is 12.0 Å². The summed E-state index contributed by atoms with van der Waals surface area (Å²) >= 11 is 0.315. The topological polar surface area (TPSA) is 119 Å². The monoisotopic (exact) mass is 555 g/mol. The number of amides is 1. The van der Waals surface area contributed by atoms with Gasteiger partial charge in [-0.1, -0.05) is 0 Å². The summed E-state index contributed by atoms with van der Waals surface area (Å²) in [5.41, 5.74) is 6.41. The SMILES string of the molecule is COc1ncc(-c2ccc3ncnc(N[C@H]4CCN(C(=O)C(N)C[Se]C)C4)c3n2)cc1C(F)(F)F. The summed E-state index contributed by atoms with van der Waals surface area (Å²) in [7, 11) is 1.14. The Balaban J connectivity index is 1.60. The number of nitrogens with zero attached hydrogens (tertiary/aromatic N) is 5. The van der Waals surface area contributed by atoms with E-state index in [1.807, 2.05) is 5.82 Å². The minimum Gasteiger partial charge on any atom is -0.166 e. The molecule has 4 heterocycles. The van der Waals surface area contributed by atoms with Crippen LogP contribution < -0.4 is 15.8 Å². The summed E-state index contributed by atoms with van der Waals surface area (Å²) in [5, 5.41) is 4.01. The number of alkyl halides is 3. The van der Waals surface area contributed by atoms with E-state index < -0.39 is 23.7 Å². The predicted octanol–water partition coefficient (Wildman–Crippen LogP) is 2.62. The van der Waals surface area contributed by atoms with Crippen LogP contribution in [0.3, 0.4) is 0 Å². The van der Waals surface area contributed by atoms with E-state index in [0.717, 1.165) is 13.2 Å². The number of likely N-dealkylation sites (tertiary alicyclic amines) is 1. The molecule has 1 saturated heterocycles. The van der Waals surface area contributed by atoms with Gasteiger partial charge in [0.05, 0.1) is 7.11 Å². The smallest absolute Gasteiger partial charge is 0.166 e. The summed E-state index contributed by atoms with van der Waals surface area (Å²) in [6.45, 7) is 1.06. The maximum Gasteiger partial charge on any atom is 0.421 e. The first-order valence-electron chi connectivity index (χ1n) is 10.7. The first-order chi connectivity index (χ1) is 16.7. The number of carbonyl (C=O) groups is 1. The van der Waals surface area contributed by atoms with Gasteiger partial charge in [-0.15, -0.1) is 0 Å². The molecule has 4 rings (SSSR count). The minimum atomic E-state index is -4.63. The second-order valence-electron chi connectivity index (χ2n) is 8.04. The molecule has 0 radical (unpaired) electrons. The van der Waals surface area contributed by atoms with Crippen molar-refractivity contribution in [1.82, 2.24) is 24.8 Å². The molecular weight excluding hydrogens is 530 g/mol. The molecule has 1 aliphatic rings. The maximum atomic E-state index is 13.5. The number of halogens is 3. The molecule has 2 atom stereocenters. The van der Waals surface area contributed by atoms with Gasteiger partial charge in [0, 0.05) is 6.20 Å². The Morgan fingerprint density at radius 1 is 1.34 bits per heavy atom. The Morgan fingerprint density at radius 3 is 2.86 bits per heavy atom. The third kappa shape index (κ3) is 5.47. The quantitative estimate of drug-likeness (QED) is 0.428.